The molecule has 0 aliphatic heterocycles. The summed E-state index contributed by atoms with van der Waals surface area (Å²) in [6, 6.07) is 8.57. The first-order valence-electron chi connectivity index (χ1n) is 5.49. The van der Waals surface area contributed by atoms with E-state index in [1.165, 1.54) is 24.8 Å². The third-order valence-corrected chi connectivity index (χ3v) is 2.99. The molecule has 0 heterocycles. The summed E-state index contributed by atoms with van der Waals surface area (Å²) >= 11 is 5.83. The first-order valence-corrected chi connectivity index (χ1v) is 5.87. The van der Waals surface area contributed by atoms with Crippen molar-refractivity contribution >= 4 is 11.6 Å². The minimum absolute atomic E-state index is 0.550. The van der Waals surface area contributed by atoms with E-state index in [1.807, 2.05) is 12.1 Å². The van der Waals surface area contributed by atoms with Gasteiger partial charge in [0, 0.05) is 17.6 Å². The summed E-state index contributed by atoms with van der Waals surface area (Å²) in [5.74, 6) is 0. The van der Waals surface area contributed by atoms with Crippen LogP contribution in [-0.2, 0) is 6.54 Å². The van der Waals surface area contributed by atoms with Crippen LogP contribution < -0.4 is 5.32 Å². The van der Waals surface area contributed by atoms with Crippen LogP contribution >= 0.6 is 11.6 Å². The van der Waals surface area contributed by atoms with Crippen LogP contribution in [-0.4, -0.2) is 6.04 Å². The number of nitrogens with one attached hydrogen (secondary N) is 1. The topological polar surface area (TPSA) is 12.0 Å². The summed E-state index contributed by atoms with van der Waals surface area (Å²) in [5.41, 5.74) is 1.29. The average Bonchev–Trinajstić information content (AvgIpc) is 2.30. The van der Waals surface area contributed by atoms with Crippen LogP contribution in [0.5, 0.6) is 0 Å². The highest BCUT2D eigenvalue weighted by Gasteiger charge is 2.06. The molecule has 15 heavy (non-hydrogen) atoms. The highest BCUT2D eigenvalue weighted by atomic mass is 35.5. The molecule has 0 radical (unpaired) electrons. The number of rotatable bonds is 3. The van der Waals surface area contributed by atoms with E-state index in [-0.39, 0.29) is 0 Å². The van der Waals surface area contributed by atoms with Gasteiger partial charge >= 0.3 is 0 Å². The maximum atomic E-state index is 5.83. The zero-order valence-electron chi connectivity index (χ0n) is 8.75. The van der Waals surface area contributed by atoms with Gasteiger partial charge < -0.3 is 5.32 Å². The van der Waals surface area contributed by atoms with Gasteiger partial charge in [-0.3, -0.25) is 0 Å². The van der Waals surface area contributed by atoms with Crippen molar-refractivity contribution in [3.63, 3.8) is 0 Å². The summed E-state index contributed by atoms with van der Waals surface area (Å²) in [6.07, 6.45) is 8.33. The SMILES string of the molecule is Clc1ccc(CNC2C=CCCC2)cc1. The van der Waals surface area contributed by atoms with Crippen molar-refractivity contribution in [3.8, 4) is 0 Å². The van der Waals surface area contributed by atoms with Crippen molar-refractivity contribution in [2.45, 2.75) is 31.8 Å². The molecule has 0 saturated carbocycles. The maximum Gasteiger partial charge on any atom is 0.0406 e. The van der Waals surface area contributed by atoms with Gasteiger partial charge in [0.1, 0.15) is 0 Å². The summed E-state index contributed by atoms with van der Waals surface area (Å²) in [6.45, 7) is 0.923. The molecule has 80 valence electrons. The highest BCUT2D eigenvalue weighted by molar-refractivity contribution is 6.30. The summed E-state index contributed by atoms with van der Waals surface area (Å²) in [4.78, 5) is 0. The van der Waals surface area contributed by atoms with Crippen molar-refractivity contribution in [3.05, 3.63) is 47.0 Å². The molecular weight excluding hydrogens is 206 g/mol. The third-order valence-electron chi connectivity index (χ3n) is 2.74. The molecule has 2 rings (SSSR count). The first kappa shape index (κ1) is 10.7. The van der Waals surface area contributed by atoms with E-state index in [1.54, 1.807) is 0 Å². The summed E-state index contributed by atoms with van der Waals surface area (Å²) < 4.78 is 0. The van der Waals surface area contributed by atoms with Crippen LogP contribution in [0.4, 0.5) is 0 Å². The minimum atomic E-state index is 0.550. The van der Waals surface area contributed by atoms with Gasteiger partial charge in [0.15, 0.2) is 0 Å². The minimum Gasteiger partial charge on any atom is -0.306 e. The van der Waals surface area contributed by atoms with Crippen molar-refractivity contribution in [2.24, 2.45) is 0 Å². The van der Waals surface area contributed by atoms with Crippen molar-refractivity contribution in [1.82, 2.24) is 5.32 Å². The second-order valence-electron chi connectivity index (χ2n) is 3.97. The van der Waals surface area contributed by atoms with Crippen LogP contribution in [0.1, 0.15) is 24.8 Å². The Hall–Kier alpha value is -0.790. The van der Waals surface area contributed by atoms with Crippen LogP contribution in [0.15, 0.2) is 36.4 Å². The molecule has 1 nitrogen and oxygen atoms in total. The highest BCUT2D eigenvalue weighted by Crippen LogP contribution is 2.12. The summed E-state index contributed by atoms with van der Waals surface area (Å²) in [5, 5.41) is 4.33. The molecule has 0 spiro atoms. The van der Waals surface area contributed by atoms with Gasteiger partial charge in [-0.15, -0.1) is 0 Å². The molecule has 2 heteroatoms. The second kappa shape index (κ2) is 5.34. The lowest BCUT2D eigenvalue weighted by Gasteiger charge is -2.17. The number of hydrogen-bond acceptors (Lipinski definition) is 1. The van der Waals surface area contributed by atoms with E-state index in [0.29, 0.717) is 6.04 Å². The molecule has 0 fully saturated rings. The maximum absolute atomic E-state index is 5.83. The fraction of sp³-hybridized carbons (Fsp3) is 0.385. The van der Waals surface area contributed by atoms with Gasteiger partial charge in [-0.2, -0.15) is 0 Å². The molecule has 1 aliphatic rings. The Balaban J connectivity index is 1.84. The van der Waals surface area contributed by atoms with Gasteiger partial charge in [0.05, 0.1) is 0 Å². The molecular formula is C13H16ClN. The van der Waals surface area contributed by atoms with E-state index in [9.17, 15) is 0 Å². The zero-order chi connectivity index (χ0) is 10.5. The molecule has 1 aromatic rings. The van der Waals surface area contributed by atoms with Gasteiger partial charge in [-0.25, -0.2) is 0 Å². The molecule has 0 amide bonds. The Labute approximate surface area is 96.1 Å². The summed E-state index contributed by atoms with van der Waals surface area (Å²) in [7, 11) is 0. The average molecular weight is 222 g/mol. The van der Waals surface area contributed by atoms with Gasteiger partial charge in [0.25, 0.3) is 0 Å². The smallest absolute Gasteiger partial charge is 0.0406 e. The lowest BCUT2D eigenvalue weighted by Crippen LogP contribution is -2.27. The molecule has 0 aromatic heterocycles. The Morgan fingerprint density at radius 1 is 1.27 bits per heavy atom. The fourth-order valence-corrected chi connectivity index (χ4v) is 1.96. The zero-order valence-corrected chi connectivity index (χ0v) is 9.50. The largest absolute Gasteiger partial charge is 0.306 e. The van der Waals surface area contributed by atoms with Gasteiger partial charge in [0.2, 0.25) is 0 Å². The molecule has 1 aliphatic carbocycles. The number of halogens is 1. The van der Waals surface area contributed by atoms with Crippen LogP contribution in [0.25, 0.3) is 0 Å². The van der Waals surface area contributed by atoms with E-state index >= 15 is 0 Å². The van der Waals surface area contributed by atoms with E-state index in [0.717, 1.165) is 11.6 Å². The van der Waals surface area contributed by atoms with Crippen LogP contribution in [0.3, 0.4) is 0 Å². The molecule has 0 bridgehead atoms. The number of benzene rings is 1. The van der Waals surface area contributed by atoms with Crippen molar-refractivity contribution in [2.75, 3.05) is 0 Å². The monoisotopic (exact) mass is 221 g/mol. The van der Waals surface area contributed by atoms with Crippen LogP contribution in [0.2, 0.25) is 5.02 Å². The molecule has 1 atom stereocenters. The van der Waals surface area contributed by atoms with Crippen molar-refractivity contribution in [1.29, 1.82) is 0 Å². The quantitative estimate of drug-likeness (QED) is 0.770. The van der Waals surface area contributed by atoms with Gasteiger partial charge in [-0.05, 0) is 37.0 Å². The predicted octanol–water partition coefficient (Wildman–Crippen LogP) is 3.54. The van der Waals surface area contributed by atoms with Gasteiger partial charge in [-0.1, -0.05) is 35.9 Å². The normalized spacial score (nSPS) is 20.5. The molecule has 1 N–H and O–H groups in total. The number of hydrogen-bond donors (Lipinski definition) is 1. The Morgan fingerprint density at radius 3 is 2.73 bits per heavy atom. The Bertz CT molecular complexity index is 329. The lowest BCUT2D eigenvalue weighted by atomic mass is 10.0. The molecule has 0 saturated heterocycles. The van der Waals surface area contributed by atoms with E-state index in [4.69, 9.17) is 11.6 Å². The standard InChI is InChI=1S/C13H16ClN/c14-12-8-6-11(7-9-12)10-15-13-4-2-1-3-5-13/h2,4,6-9,13,15H,1,3,5,10H2. The molecule has 1 unspecified atom stereocenters. The van der Waals surface area contributed by atoms with Crippen LogP contribution in [0, 0.1) is 0 Å². The number of allylic oxidation sites excluding steroid dienone is 1. The molecule has 1 aromatic carbocycles. The van der Waals surface area contributed by atoms with Crippen molar-refractivity contribution < 1.29 is 0 Å². The van der Waals surface area contributed by atoms with E-state index < -0.39 is 0 Å². The first-order chi connectivity index (χ1) is 7.34. The second-order valence-corrected chi connectivity index (χ2v) is 4.41. The Kier molecular flexibility index (Phi) is 3.81. The van der Waals surface area contributed by atoms with E-state index in [2.05, 4.69) is 29.6 Å². The third kappa shape index (κ3) is 3.37. The predicted molar refractivity (Wildman–Crippen MR) is 65.1 cm³/mol. The Morgan fingerprint density at radius 2 is 2.07 bits per heavy atom. The fourth-order valence-electron chi connectivity index (χ4n) is 1.83. The lowest BCUT2D eigenvalue weighted by molar-refractivity contribution is 0.522.